The van der Waals surface area contributed by atoms with Gasteiger partial charge >= 0.3 is 0 Å². The molecule has 3 nitrogen and oxygen atoms in total. The third-order valence-electron chi connectivity index (χ3n) is 0.666. The Labute approximate surface area is 64.9 Å². The molecule has 1 heterocycles. The lowest BCUT2D eigenvalue weighted by molar-refractivity contribution is 1.19. The highest BCUT2D eigenvalue weighted by atomic mass is 35.5. The molecule has 0 radical (unpaired) electrons. The van der Waals surface area contributed by atoms with Crippen LogP contribution in [0, 0.1) is 0 Å². The molecule has 1 aromatic rings. The maximum atomic E-state index is 3.80. The monoisotopic (exact) mass is 163 g/mol. The molecule has 0 spiro atoms. The molecule has 1 N–H and O–H groups in total. The van der Waals surface area contributed by atoms with Crippen molar-refractivity contribution in [3.63, 3.8) is 0 Å². The number of halogens is 1. The third kappa shape index (κ3) is 2.53. The van der Waals surface area contributed by atoms with Crippen LogP contribution < -0.4 is 4.72 Å². The highest BCUT2D eigenvalue weighted by Crippen LogP contribution is 1.92. The van der Waals surface area contributed by atoms with Crippen molar-refractivity contribution in [2.45, 2.75) is 0 Å². The Morgan fingerprint density at radius 2 is 1.89 bits per heavy atom. The summed E-state index contributed by atoms with van der Waals surface area (Å²) >= 11 is 3.74. The van der Waals surface area contributed by atoms with Gasteiger partial charge in [-0.25, -0.2) is 9.97 Å². The summed E-state index contributed by atoms with van der Waals surface area (Å²) in [7, 11) is 0. The minimum absolute atomic E-state index is 0. The van der Waals surface area contributed by atoms with Crippen LogP contribution in [-0.2, 0) is 0 Å². The van der Waals surface area contributed by atoms with Gasteiger partial charge in [0.1, 0.15) is 0 Å². The zero-order valence-corrected chi connectivity index (χ0v) is 6.19. The highest BCUT2D eigenvalue weighted by Gasteiger charge is 1.82. The summed E-state index contributed by atoms with van der Waals surface area (Å²) in [5.74, 6) is 0.524. The van der Waals surface area contributed by atoms with Gasteiger partial charge in [0, 0.05) is 12.4 Å². The molecule has 0 aromatic carbocycles. The van der Waals surface area contributed by atoms with Gasteiger partial charge in [0.15, 0.2) is 0 Å². The van der Waals surface area contributed by atoms with Gasteiger partial charge in [0.2, 0.25) is 5.95 Å². The lowest BCUT2D eigenvalue weighted by Crippen LogP contribution is -1.86. The van der Waals surface area contributed by atoms with Gasteiger partial charge in [-0.05, 0) is 6.07 Å². The molecule has 0 atom stereocenters. The molecule has 0 aliphatic rings. The van der Waals surface area contributed by atoms with E-state index in [1.165, 1.54) is 0 Å². The zero-order valence-electron chi connectivity index (χ0n) is 4.48. The molecule has 0 unspecified atom stereocenters. The van der Waals surface area contributed by atoms with E-state index in [-0.39, 0.29) is 12.4 Å². The fraction of sp³-hybridized carbons (Fsp3) is 0. The number of hydrogen-bond donors (Lipinski definition) is 2. The van der Waals surface area contributed by atoms with E-state index >= 15 is 0 Å². The number of hydrogen-bond acceptors (Lipinski definition) is 4. The molecule has 1 rings (SSSR count). The van der Waals surface area contributed by atoms with Gasteiger partial charge in [0.05, 0.1) is 0 Å². The Morgan fingerprint density at radius 1 is 1.33 bits per heavy atom. The molecular weight excluding hydrogens is 158 g/mol. The second-order valence-electron chi connectivity index (χ2n) is 1.18. The van der Waals surface area contributed by atoms with Crippen molar-refractivity contribution in [3.05, 3.63) is 18.5 Å². The average molecular weight is 164 g/mol. The first-order valence-corrected chi connectivity index (χ1v) is 2.55. The van der Waals surface area contributed by atoms with Gasteiger partial charge in [-0.1, -0.05) is 12.8 Å². The zero-order chi connectivity index (χ0) is 5.82. The molecule has 0 saturated heterocycles. The highest BCUT2D eigenvalue weighted by molar-refractivity contribution is 7.81. The second-order valence-corrected chi connectivity index (χ2v) is 1.41. The van der Waals surface area contributed by atoms with Crippen LogP contribution in [0.4, 0.5) is 5.95 Å². The van der Waals surface area contributed by atoms with Crippen LogP contribution in [0.1, 0.15) is 0 Å². The molecule has 1 aromatic heterocycles. The smallest absolute Gasteiger partial charge is 0.232 e. The fourth-order valence-corrected chi connectivity index (χ4v) is 0.472. The molecule has 5 heteroatoms. The Kier molecular flexibility index (Phi) is 4.17. The summed E-state index contributed by atoms with van der Waals surface area (Å²) in [4.78, 5) is 7.60. The van der Waals surface area contributed by atoms with Crippen molar-refractivity contribution < 1.29 is 0 Å². The van der Waals surface area contributed by atoms with E-state index in [0.717, 1.165) is 0 Å². The summed E-state index contributed by atoms with van der Waals surface area (Å²) in [6.07, 6.45) is 3.29. The quantitative estimate of drug-likeness (QED) is 0.611. The van der Waals surface area contributed by atoms with Gasteiger partial charge in [-0.3, -0.25) is 0 Å². The molecule has 0 bridgehead atoms. The summed E-state index contributed by atoms with van der Waals surface area (Å²) in [5.41, 5.74) is 0. The van der Waals surface area contributed by atoms with Crippen molar-refractivity contribution in [2.75, 3.05) is 4.72 Å². The van der Waals surface area contributed by atoms with Crippen LogP contribution in [-0.4, -0.2) is 9.97 Å². The first-order valence-electron chi connectivity index (χ1n) is 2.10. The van der Waals surface area contributed by atoms with Crippen LogP contribution in [0.3, 0.4) is 0 Å². The second kappa shape index (κ2) is 4.40. The van der Waals surface area contributed by atoms with Crippen LogP contribution in [0.2, 0.25) is 0 Å². The summed E-state index contributed by atoms with van der Waals surface area (Å²) in [6.45, 7) is 0. The molecule has 0 fully saturated rings. The van der Waals surface area contributed by atoms with E-state index in [4.69, 9.17) is 0 Å². The Hall–Kier alpha value is -0.480. The lowest BCUT2D eigenvalue weighted by atomic mass is 10.7. The first-order chi connectivity index (χ1) is 3.93. The lowest BCUT2D eigenvalue weighted by Gasteiger charge is -1.90. The fourth-order valence-electron chi connectivity index (χ4n) is 0.357. The van der Waals surface area contributed by atoms with E-state index in [1.807, 2.05) is 0 Å². The maximum Gasteiger partial charge on any atom is 0.232 e. The van der Waals surface area contributed by atoms with Gasteiger partial charge in [-0.15, -0.1) is 12.4 Å². The summed E-state index contributed by atoms with van der Waals surface area (Å²) < 4.78 is 2.50. The summed E-state index contributed by atoms with van der Waals surface area (Å²) in [5, 5.41) is 0. The van der Waals surface area contributed by atoms with Gasteiger partial charge in [-0.2, -0.15) is 0 Å². The average Bonchev–Trinajstić information content (AvgIpc) is 1.90. The van der Waals surface area contributed by atoms with Crippen molar-refractivity contribution in [1.29, 1.82) is 0 Å². The van der Waals surface area contributed by atoms with Gasteiger partial charge in [0.25, 0.3) is 0 Å². The van der Waals surface area contributed by atoms with Gasteiger partial charge < -0.3 is 4.72 Å². The van der Waals surface area contributed by atoms with Crippen LogP contribution >= 0.6 is 25.2 Å². The number of nitrogens with zero attached hydrogens (tertiary/aromatic N) is 2. The number of rotatable bonds is 1. The van der Waals surface area contributed by atoms with Crippen LogP contribution in [0.25, 0.3) is 0 Å². The molecule has 0 saturated carbocycles. The van der Waals surface area contributed by atoms with Crippen molar-refractivity contribution in [2.24, 2.45) is 0 Å². The molecule has 50 valence electrons. The number of thiol groups is 1. The van der Waals surface area contributed by atoms with Crippen molar-refractivity contribution in [1.82, 2.24) is 9.97 Å². The molecule has 0 amide bonds. The van der Waals surface area contributed by atoms with E-state index in [2.05, 4.69) is 27.5 Å². The minimum Gasteiger partial charge on any atom is -0.301 e. The largest absolute Gasteiger partial charge is 0.301 e. The number of nitrogens with one attached hydrogen (secondary N) is 1. The van der Waals surface area contributed by atoms with E-state index in [1.54, 1.807) is 18.5 Å². The Balaban J connectivity index is 0.000000640. The number of aromatic nitrogens is 2. The Morgan fingerprint density at radius 3 is 2.22 bits per heavy atom. The van der Waals surface area contributed by atoms with Crippen LogP contribution in [0.5, 0.6) is 0 Å². The molecule has 9 heavy (non-hydrogen) atoms. The Bertz CT molecular complexity index is 157. The minimum atomic E-state index is 0. The molecular formula is C4H6ClN3S. The predicted molar refractivity (Wildman–Crippen MR) is 41.9 cm³/mol. The van der Waals surface area contributed by atoms with Crippen molar-refractivity contribution in [3.8, 4) is 0 Å². The summed E-state index contributed by atoms with van der Waals surface area (Å²) in [6, 6.07) is 1.74. The normalized spacial score (nSPS) is 7.67. The standard InChI is InChI=1S/C4H5N3S.ClH/c8-7-4-5-2-1-3-6-4;/h1-3,8H,(H,5,6,7);1H. The topological polar surface area (TPSA) is 37.8 Å². The molecule has 0 aliphatic heterocycles. The van der Waals surface area contributed by atoms with E-state index < -0.39 is 0 Å². The van der Waals surface area contributed by atoms with Crippen molar-refractivity contribution >= 4 is 31.2 Å². The maximum absolute atomic E-state index is 3.80. The first kappa shape index (κ1) is 8.52. The van der Waals surface area contributed by atoms with E-state index in [9.17, 15) is 0 Å². The van der Waals surface area contributed by atoms with E-state index in [0.29, 0.717) is 5.95 Å². The molecule has 0 aliphatic carbocycles. The predicted octanol–water partition coefficient (Wildman–Crippen LogP) is 1.16. The number of anilines is 1. The van der Waals surface area contributed by atoms with Crippen LogP contribution in [0.15, 0.2) is 18.5 Å². The third-order valence-corrected chi connectivity index (χ3v) is 0.866. The SMILES string of the molecule is Cl.SNc1ncccn1.